The Bertz CT molecular complexity index is 835. The summed E-state index contributed by atoms with van der Waals surface area (Å²) in [6.07, 6.45) is 3.32. The molecule has 2 heterocycles. The Morgan fingerprint density at radius 3 is 2.60 bits per heavy atom. The normalized spacial score (nSPS) is 12.5. The fraction of sp³-hybridized carbons (Fsp3) is 0.467. The fourth-order valence-corrected chi connectivity index (χ4v) is 2.49. The van der Waals surface area contributed by atoms with Crippen molar-refractivity contribution >= 4 is 17.8 Å². The molecule has 2 aromatic rings. The van der Waals surface area contributed by atoms with E-state index in [0.29, 0.717) is 11.4 Å². The van der Waals surface area contributed by atoms with E-state index in [9.17, 15) is 14.9 Å². The molecule has 1 amide bonds. The summed E-state index contributed by atoms with van der Waals surface area (Å²) in [5.74, 6) is -0.752. The maximum absolute atomic E-state index is 12.1. The van der Waals surface area contributed by atoms with Gasteiger partial charge in [0.2, 0.25) is 5.91 Å². The van der Waals surface area contributed by atoms with Crippen LogP contribution in [0.15, 0.2) is 11.3 Å². The Kier molecular flexibility index (Phi) is 5.30. The van der Waals surface area contributed by atoms with Crippen molar-refractivity contribution in [1.29, 1.82) is 0 Å². The molecule has 0 fully saturated rings. The molecule has 25 heavy (non-hydrogen) atoms. The van der Waals surface area contributed by atoms with Crippen molar-refractivity contribution in [3.05, 3.63) is 39.0 Å². The second-order valence-electron chi connectivity index (χ2n) is 5.94. The third-order valence-electron chi connectivity index (χ3n) is 3.85. The molecule has 2 aromatic heterocycles. The molecule has 1 atom stereocenters. The summed E-state index contributed by atoms with van der Waals surface area (Å²) in [6.45, 7) is 6.98. The molecule has 0 saturated carbocycles. The molecule has 0 aliphatic heterocycles. The molecule has 0 spiro atoms. The lowest BCUT2D eigenvalue weighted by atomic mass is 10.1. The van der Waals surface area contributed by atoms with E-state index in [1.807, 2.05) is 6.92 Å². The van der Waals surface area contributed by atoms with Crippen LogP contribution in [0.1, 0.15) is 29.6 Å². The van der Waals surface area contributed by atoms with Crippen molar-refractivity contribution in [2.45, 2.75) is 34.2 Å². The maximum Gasteiger partial charge on any atom is 0.312 e. The SMILES string of the molecule is Cc1nn(C)cc1/C=N\NC(=O)[C@H](C)Cn1nc(C)c([N+](=O)[O-])c1C. The number of nitro groups is 1. The van der Waals surface area contributed by atoms with Crippen LogP contribution in [0.3, 0.4) is 0 Å². The average Bonchev–Trinajstić information content (AvgIpc) is 2.97. The Labute approximate surface area is 144 Å². The third kappa shape index (κ3) is 4.08. The second kappa shape index (κ2) is 7.24. The first-order valence-corrected chi connectivity index (χ1v) is 7.72. The van der Waals surface area contributed by atoms with Gasteiger partial charge in [-0.1, -0.05) is 6.92 Å². The van der Waals surface area contributed by atoms with Crippen LogP contribution >= 0.6 is 0 Å². The average molecular weight is 347 g/mol. The Morgan fingerprint density at radius 1 is 1.40 bits per heavy atom. The monoisotopic (exact) mass is 347 g/mol. The van der Waals surface area contributed by atoms with Crippen LogP contribution in [0.2, 0.25) is 0 Å². The van der Waals surface area contributed by atoms with E-state index in [2.05, 4.69) is 20.7 Å². The highest BCUT2D eigenvalue weighted by Crippen LogP contribution is 2.22. The largest absolute Gasteiger partial charge is 0.312 e. The molecule has 0 aliphatic rings. The molecule has 10 nitrogen and oxygen atoms in total. The van der Waals surface area contributed by atoms with E-state index < -0.39 is 10.8 Å². The summed E-state index contributed by atoms with van der Waals surface area (Å²) in [5, 5.41) is 23.3. The summed E-state index contributed by atoms with van der Waals surface area (Å²) in [5.41, 5.74) is 4.83. The minimum atomic E-state index is -0.459. The van der Waals surface area contributed by atoms with Gasteiger partial charge in [0.05, 0.1) is 29.3 Å². The predicted molar refractivity (Wildman–Crippen MR) is 91.2 cm³/mol. The lowest BCUT2D eigenvalue weighted by Crippen LogP contribution is -2.28. The van der Waals surface area contributed by atoms with Crippen LogP contribution in [0.5, 0.6) is 0 Å². The highest BCUT2D eigenvalue weighted by molar-refractivity contribution is 5.83. The van der Waals surface area contributed by atoms with Gasteiger partial charge in [0.25, 0.3) is 0 Å². The number of amides is 1. The molecular formula is C15H21N7O3. The topological polar surface area (TPSA) is 120 Å². The van der Waals surface area contributed by atoms with E-state index in [0.717, 1.165) is 11.3 Å². The van der Waals surface area contributed by atoms with Crippen molar-refractivity contribution < 1.29 is 9.72 Å². The molecule has 0 aromatic carbocycles. The van der Waals surface area contributed by atoms with Gasteiger partial charge in [-0.25, -0.2) is 5.43 Å². The molecule has 0 radical (unpaired) electrons. The number of carbonyl (C=O) groups excluding carboxylic acids is 1. The molecule has 10 heteroatoms. The van der Waals surface area contributed by atoms with Crippen LogP contribution in [0, 0.1) is 36.8 Å². The van der Waals surface area contributed by atoms with Crippen LogP contribution in [-0.4, -0.2) is 36.6 Å². The maximum atomic E-state index is 12.1. The number of hydrogen-bond acceptors (Lipinski definition) is 6. The van der Waals surface area contributed by atoms with E-state index in [4.69, 9.17) is 0 Å². The van der Waals surface area contributed by atoms with Crippen LogP contribution < -0.4 is 5.43 Å². The fourth-order valence-electron chi connectivity index (χ4n) is 2.49. The van der Waals surface area contributed by atoms with Crippen molar-refractivity contribution in [3.63, 3.8) is 0 Å². The number of nitrogens with one attached hydrogen (secondary N) is 1. The predicted octanol–water partition coefficient (Wildman–Crippen LogP) is 1.24. The van der Waals surface area contributed by atoms with Crippen LogP contribution in [0.4, 0.5) is 5.69 Å². The van der Waals surface area contributed by atoms with E-state index in [-0.39, 0.29) is 18.1 Å². The van der Waals surface area contributed by atoms with Gasteiger partial charge in [-0.3, -0.25) is 24.3 Å². The van der Waals surface area contributed by atoms with Gasteiger partial charge in [-0.15, -0.1) is 0 Å². The smallest absolute Gasteiger partial charge is 0.275 e. The number of aromatic nitrogens is 4. The first-order valence-electron chi connectivity index (χ1n) is 7.72. The van der Waals surface area contributed by atoms with Crippen molar-refractivity contribution in [2.75, 3.05) is 0 Å². The lowest BCUT2D eigenvalue weighted by molar-refractivity contribution is -0.386. The van der Waals surface area contributed by atoms with Crippen LogP contribution in [0.25, 0.3) is 0 Å². The number of carbonyl (C=O) groups is 1. The summed E-state index contributed by atoms with van der Waals surface area (Å²) < 4.78 is 3.14. The number of aryl methyl sites for hydroxylation is 3. The molecular weight excluding hydrogens is 326 g/mol. The minimum Gasteiger partial charge on any atom is -0.275 e. The summed E-state index contributed by atoms with van der Waals surface area (Å²) in [6, 6.07) is 0. The van der Waals surface area contributed by atoms with Gasteiger partial charge >= 0.3 is 5.69 Å². The first kappa shape index (κ1) is 18.3. The standard InChI is InChI=1S/C15H21N7O3/c1-9(7-21-12(4)14(22(24)25)11(3)19-21)15(23)17-16-6-13-8-20(5)18-10(13)2/h6,8-9H,7H2,1-5H3,(H,17,23)/b16-6-/t9-/m1/s1. The minimum absolute atomic E-state index is 0.0160. The van der Waals surface area contributed by atoms with Crippen molar-refractivity contribution in [1.82, 2.24) is 25.0 Å². The zero-order chi connectivity index (χ0) is 18.7. The highest BCUT2D eigenvalue weighted by atomic mass is 16.6. The zero-order valence-corrected chi connectivity index (χ0v) is 14.8. The first-order chi connectivity index (χ1) is 11.7. The van der Waals surface area contributed by atoms with Crippen molar-refractivity contribution in [2.24, 2.45) is 18.1 Å². The van der Waals surface area contributed by atoms with Gasteiger partial charge in [0.15, 0.2) is 0 Å². The quantitative estimate of drug-likeness (QED) is 0.479. The number of hydrazone groups is 1. The molecule has 2 rings (SSSR count). The number of hydrogen-bond donors (Lipinski definition) is 1. The summed E-state index contributed by atoms with van der Waals surface area (Å²) in [4.78, 5) is 22.7. The zero-order valence-electron chi connectivity index (χ0n) is 14.8. The van der Waals surface area contributed by atoms with Gasteiger partial charge in [-0.2, -0.15) is 15.3 Å². The highest BCUT2D eigenvalue weighted by Gasteiger charge is 2.24. The number of nitrogens with zero attached hydrogens (tertiary/aromatic N) is 6. The Balaban J connectivity index is 2.00. The van der Waals surface area contributed by atoms with Crippen LogP contribution in [-0.2, 0) is 18.4 Å². The number of rotatable bonds is 6. The molecule has 134 valence electrons. The molecule has 0 bridgehead atoms. The van der Waals surface area contributed by atoms with E-state index in [1.165, 1.54) is 10.9 Å². The summed E-state index contributed by atoms with van der Waals surface area (Å²) >= 11 is 0. The van der Waals surface area contributed by atoms with Crippen molar-refractivity contribution in [3.8, 4) is 0 Å². The third-order valence-corrected chi connectivity index (χ3v) is 3.85. The van der Waals surface area contributed by atoms with Gasteiger partial charge in [0.1, 0.15) is 11.4 Å². The molecule has 0 saturated heterocycles. The molecule has 1 N–H and O–H groups in total. The van der Waals surface area contributed by atoms with E-state index >= 15 is 0 Å². The second-order valence-corrected chi connectivity index (χ2v) is 5.94. The Morgan fingerprint density at radius 2 is 2.08 bits per heavy atom. The molecule has 0 aliphatic carbocycles. The van der Waals surface area contributed by atoms with Gasteiger partial charge < -0.3 is 0 Å². The van der Waals surface area contributed by atoms with Gasteiger partial charge in [-0.05, 0) is 20.8 Å². The van der Waals surface area contributed by atoms with Gasteiger partial charge in [0, 0.05) is 18.8 Å². The summed E-state index contributed by atoms with van der Waals surface area (Å²) in [7, 11) is 1.80. The molecule has 0 unspecified atom stereocenters. The Hall–Kier alpha value is -3.04. The van der Waals surface area contributed by atoms with E-state index in [1.54, 1.807) is 38.7 Å². The lowest BCUT2D eigenvalue weighted by Gasteiger charge is -2.10.